The van der Waals surface area contributed by atoms with Gasteiger partial charge in [-0.3, -0.25) is 0 Å². The summed E-state index contributed by atoms with van der Waals surface area (Å²) in [6, 6.07) is 0.225. The number of aromatic nitrogens is 3. The van der Waals surface area contributed by atoms with Crippen molar-refractivity contribution in [2.45, 2.75) is 6.04 Å². The van der Waals surface area contributed by atoms with Crippen LogP contribution in [0, 0.1) is 0 Å². The van der Waals surface area contributed by atoms with Crippen LogP contribution in [0.3, 0.4) is 0 Å². The summed E-state index contributed by atoms with van der Waals surface area (Å²) in [5, 5.41) is 7.11. The van der Waals surface area contributed by atoms with Crippen molar-refractivity contribution in [3.05, 3.63) is 12.7 Å². The quantitative estimate of drug-likeness (QED) is 0.658. The van der Waals surface area contributed by atoms with Crippen molar-refractivity contribution in [1.82, 2.24) is 20.1 Å². The van der Waals surface area contributed by atoms with Crippen LogP contribution in [0.5, 0.6) is 0 Å². The van der Waals surface area contributed by atoms with Crippen LogP contribution in [0.15, 0.2) is 12.7 Å². The molecule has 0 saturated heterocycles. The van der Waals surface area contributed by atoms with E-state index in [0.717, 1.165) is 6.54 Å². The molecule has 1 heterocycles. The molecule has 5 heteroatoms. The molecule has 0 spiro atoms. The normalized spacial score (nSPS) is 13.2. The predicted octanol–water partition coefficient (Wildman–Crippen LogP) is -0.315. The topological polar surface area (TPSA) is 52.0 Å². The highest BCUT2D eigenvalue weighted by Gasteiger charge is 2.09. The SMILES string of the molecule is CNCC(COC)n1cncn1. The Kier molecular flexibility index (Phi) is 3.69. The molecule has 5 nitrogen and oxygen atoms in total. The Bertz CT molecular complexity index is 193. The zero-order valence-corrected chi connectivity index (χ0v) is 7.40. The van der Waals surface area contributed by atoms with Crippen molar-refractivity contribution >= 4 is 0 Å². The van der Waals surface area contributed by atoms with Crippen molar-refractivity contribution in [2.24, 2.45) is 0 Å². The summed E-state index contributed by atoms with van der Waals surface area (Å²) in [6.45, 7) is 1.47. The van der Waals surface area contributed by atoms with E-state index >= 15 is 0 Å². The van der Waals surface area contributed by atoms with Gasteiger partial charge in [0.1, 0.15) is 12.7 Å². The lowest BCUT2D eigenvalue weighted by molar-refractivity contribution is 0.149. The summed E-state index contributed by atoms with van der Waals surface area (Å²) in [4.78, 5) is 3.88. The molecule has 0 amide bonds. The Labute approximate surface area is 71.7 Å². The van der Waals surface area contributed by atoms with E-state index in [2.05, 4.69) is 15.4 Å². The molecular weight excluding hydrogens is 156 g/mol. The van der Waals surface area contributed by atoms with Gasteiger partial charge in [0, 0.05) is 13.7 Å². The highest BCUT2D eigenvalue weighted by molar-refractivity contribution is 4.69. The lowest BCUT2D eigenvalue weighted by atomic mass is 10.3. The van der Waals surface area contributed by atoms with Crippen LogP contribution < -0.4 is 5.32 Å². The van der Waals surface area contributed by atoms with Crippen molar-refractivity contribution in [2.75, 3.05) is 27.3 Å². The monoisotopic (exact) mass is 170 g/mol. The maximum absolute atomic E-state index is 5.05. The molecule has 12 heavy (non-hydrogen) atoms. The molecular formula is C7H14N4O. The highest BCUT2D eigenvalue weighted by Crippen LogP contribution is 2.01. The Balaban J connectivity index is 2.53. The molecule has 0 fully saturated rings. The standard InChI is InChI=1S/C7H14N4O/c1-8-3-7(4-12-2)11-6-9-5-10-11/h5-8H,3-4H2,1-2H3. The van der Waals surface area contributed by atoms with E-state index in [1.807, 2.05) is 7.05 Å². The van der Waals surface area contributed by atoms with E-state index in [1.165, 1.54) is 6.33 Å². The Morgan fingerprint density at radius 3 is 3.00 bits per heavy atom. The van der Waals surface area contributed by atoms with E-state index < -0.39 is 0 Å². The number of likely N-dealkylation sites (N-methyl/N-ethyl adjacent to an activating group) is 1. The first-order valence-electron chi connectivity index (χ1n) is 3.86. The van der Waals surface area contributed by atoms with E-state index in [-0.39, 0.29) is 6.04 Å². The minimum absolute atomic E-state index is 0.225. The molecule has 0 bridgehead atoms. The number of hydrogen-bond acceptors (Lipinski definition) is 4. The third-order valence-electron chi connectivity index (χ3n) is 1.61. The van der Waals surface area contributed by atoms with Crippen LogP contribution in [0.2, 0.25) is 0 Å². The number of rotatable bonds is 5. The maximum atomic E-state index is 5.05. The first-order chi connectivity index (χ1) is 5.88. The van der Waals surface area contributed by atoms with Crippen LogP contribution >= 0.6 is 0 Å². The smallest absolute Gasteiger partial charge is 0.137 e. The van der Waals surface area contributed by atoms with Crippen LogP contribution in [0.25, 0.3) is 0 Å². The Morgan fingerprint density at radius 1 is 1.67 bits per heavy atom. The number of nitrogens with zero attached hydrogens (tertiary/aromatic N) is 3. The van der Waals surface area contributed by atoms with E-state index in [0.29, 0.717) is 6.61 Å². The van der Waals surface area contributed by atoms with Gasteiger partial charge >= 0.3 is 0 Å². The summed E-state index contributed by atoms with van der Waals surface area (Å²) >= 11 is 0. The van der Waals surface area contributed by atoms with E-state index in [4.69, 9.17) is 4.74 Å². The number of nitrogens with one attached hydrogen (secondary N) is 1. The van der Waals surface area contributed by atoms with E-state index in [1.54, 1.807) is 18.1 Å². The Morgan fingerprint density at radius 2 is 2.50 bits per heavy atom. The van der Waals surface area contributed by atoms with Crippen LogP contribution in [-0.4, -0.2) is 42.1 Å². The molecule has 0 aliphatic heterocycles. The fourth-order valence-electron chi connectivity index (χ4n) is 1.06. The molecule has 1 aromatic heterocycles. The second kappa shape index (κ2) is 4.84. The summed E-state index contributed by atoms with van der Waals surface area (Å²) in [7, 11) is 3.58. The van der Waals surface area contributed by atoms with Gasteiger partial charge in [-0.2, -0.15) is 5.10 Å². The minimum atomic E-state index is 0.225. The van der Waals surface area contributed by atoms with Gasteiger partial charge in [0.15, 0.2) is 0 Å². The molecule has 1 atom stereocenters. The van der Waals surface area contributed by atoms with Gasteiger partial charge in [-0.1, -0.05) is 0 Å². The van der Waals surface area contributed by atoms with Gasteiger partial charge in [0.05, 0.1) is 12.6 Å². The van der Waals surface area contributed by atoms with Crippen LogP contribution in [-0.2, 0) is 4.74 Å². The molecule has 1 rings (SSSR count). The molecule has 0 radical (unpaired) electrons. The Hall–Kier alpha value is -0.940. The minimum Gasteiger partial charge on any atom is -0.382 e. The summed E-state index contributed by atoms with van der Waals surface area (Å²) < 4.78 is 6.84. The molecule has 0 aliphatic rings. The first kappa shape index (κ1) is 9.15. The molecule has 1 N–H and O–H groups in total. The number of methoxy groups -OCH3 is 1. The van der Waals surface area contributed by atoms with Crippen molar-refractivity contribution in [3.8, 4) is 0 Å². The average molecular weight is 170 g/mol. The van der Waals surface area contributed by atoms with Gasteiger partial charge in [-0.15, -0.1) is 0 Å². The lowest BCUT2D eigenvalue weighted by Gasteiger charge is -2.14. The fourth-order valence-corrected chi connectivity index (χ4v) is 1.06. The van der Waals surface area contributed by atoms with Crippen molar-refractivity contribution in [1.29, 1.82) is 0 Å². The van der Waals surface area contributed by atoms with Crippen molar-refractivity contribution < 1.29 is 4.74 Å². The molecule has 0 saturated carbocycles. The van der Waals surface area contributed by atoms with Gasteiger partial charge in [0.25, 0.3) is 0 Å². The van der Waals surface area contributed by atoms with Crippen LogP contribution in [0.4, 0.5) is 0 Å². The van der Waals surface area contributed by atoms with Gasteiger partial charge in [-0.25, -0.2) is 9.67 Å². The van der Waals surface area contributed by atoms with E-state index in [9.17, 15) is 0 Å². The number of hydrogen-bond donors (Lipinski definition) is 1. The average Bonchev–Trinajstić information content (AvgIpc) is 2.56. The predicted molar refractivity (Wildman–Crippen MR) is 44.9 cm³/mol. The second-order valence-electron chi connectivity index (χ2n) is 2.54. The number of ether oxygens (including phenoxy) is 1. The van der Waals surface area contributed by atoms with Gasteiger partial charge < -0.3 is 10.1 Å². The second-order valence-corrected chi connectivity index (χ2v) is 2.54. The van der Waals surface area contributed by atoms with Crippen molar-refractivity contribution in [3.63, 3.8) is 0 Å². The lowest BCUT2D eigenvalue weighted by Crippen LogP contribution is -2.26. The molecule has 0 aliphatic carbocycles. The molecule has 68 valence electrons. The molecule has 1 aromatic rings. The highest BCUT2D eigenvalue weighted by atomic mass is 16.5. The van der Waals surface area contributed by atoms with Gasteiger partial charge in [-0.05, 0) is 7.05 Å². The summed E-state index contributed by atoms with van der Waals surface area (Å²) in [6.07, 6.45) is 3.22. The van der Waals surface area contributed by atoms with Gasteiger partial charge in [0.2, 0.25) is 0 Å². The first-order valence-corrected chi connectivity index (χ1v) is 3.86. The van der Waals surface area contributed by atoms with Crippen LogP contribution in [0.1, 0.15) is 6.04 Å². The fraction of sp³-hybridized carbons (Fsp3) is 0.714. The molecule has 0 aromatic carbocycles. The summed E-state index contributed by atoms with van der Waals surface area (Å²) in [5.41, 5.74) is 0. The zero-order valence-electron chi connectivity index (χ0n) is 7.40. The maximum Gasteiger partial charge on any atom is 0.137 e. The third-order valence-corrected chi connectivity index (χ3v) is 1.61. The summed E-state index contributed by atoms with van der Waals surface area (Å²) in [5.74, 6) is 0. The zero-order chi connectivity index (χ0) is 8.81. The molecule has 1 unspecified atom stereocenters. The third kappa shape index (κ3) is 2.28. The largest absolute Gasteiger partial charge is 0.382 e.